The van der Waals surface area contributed by atoms with Gasteiger partial charge in [0.1, 0.15) is 0 Å². The van der Waals surface area contributed by atoms with Gasteiger partial charge in [0.05, 0.1) is 22.9 Å². The molecule has 0 amide bonds. The molecule has 6 heteroatoms. The third kappa shape index (κ3) is 3.71. The zero-order valence-corrected chi connectivity index (χ0v) is 7.69. The summed E-state index contributed by atoms with van der Waals surface area (Å²) in [6.07, 6.45) is 1.42. The van der Waals surface area contributed by atoms with Crippen LogP contribution in [0.3, 0.4) is 0 Å². The minimum Gasteiger partial charge on any atom is -0.392 e. The molecule has 0 saturated carbocycles. The molecule has 0 aromatic heterocycles. The summed E-state index contributed by atoms with van der Waals surface area (Å²) >= 11 is -0.147. The molecule has 0 aliphatic heterocycles. The molecule has 0 bridgehead atoms. The molecule has 0 aliphatic carbocycles. The van der Waals surface area contributed by atoms with Gasteiger partial charge in [0.15, 0.2) is 5.03 Å². The fraction of sp³-hybridized carbons (Fsp3) is 0.333. The zero-order chi connectivity index (χ0) is 7.28. The van der Waals surface area contributed by atoms with Crippen LogP contribution in [0.15, 0.2) is 11.2 Å². The molecule has 0 fully saturated rings. The van der Waals surface area contributed by atoms with Gasteiger partial charge in [-0.2, -0.15) is 0 Å². The summed E-state index contributed by atoms with van der Waals surface area (Å²) in [4.78, 5) is 0. The maximum Gasteiger partial charge on any atom is 0.205 e. The minimum atomic E-state index is -1.92. The van der Waals surface area contributed by atoms with Gasteiger partial charge < -0.3 is 13.4 Å². The Bertz CT molecular complexity index is 138. The van der Waals surface area contributed by atoms with E-state index in [1.54, 1.807) is 29.9 Å². The average Bonchev–Trinajstić information content (AvgIpc) is 1.82. The third-order valence-electron chi connectivity index (χ3n) is 0.557. The summed E-state index contributed by atoms with van der Waals surface area (Å²) in [7, 11) is 1.65. The van der Waals surface area contributed by atoms with E-state index in [4.69, 9.17) is 4.55 Å². The van der Waals surface area contributed by atoms with E-state index in [1.165, 1.54) is 6.20 Å². The van der Waals surface area contributed by atoms with Crippen LogP contribution in [-0.2, 0) is 11.1 Å². The van der Waals surface area contributed by atoms with Crippen molar-refractivity contribution in [2.24, 2.45) is 0 Å². The standard InChI is InChI=1S/C3H7IN2O2S/c1-5-2-3(6-4)9(7)8/h2,5-6H,1H3,(H,7,8)/b3-2+. The van der Waals surface area contributed by atoms with Crippen LogP contribution in [0.5, 0.6) is 0 Å². The molecular formula is C3H7IN2O2S. The molecule has 1 atom stereocenters. The Morgan fingerprint density at radius 3 is 2.56 bits per heavy atom. The fourth-order valence-electron chi connectivity index (χ4n) is 0.242. The molecular weight excluding hydrogens is 255 g/mol. The van der Waals surface area contributed by atoms with Crippen molar-refractivity contribution in [3.05, 3.63) is 11.2 Å². The van der Waals surface area contributed by atoms with Gasteiger partial charge in [0.25, 0.3) is 0 Å². The Labute approximate surface area is 69.9 Å². The van der Waals surface area contributed by atoms with Crippen LogP contribution in [0.1, 0.15) is 0 Å². The van der Waals surface area contributed by atoms with Crippen LogP contribution >= 0.6 is 22.9 Å². The highest BCUT2D eigenvalue weighted by molar-refractivity contribution is 14.1. The predicted molar refractivity (Wildman–Crippen MR) is 45.1 cm³/mol. The molecule has 54 valence electrons. The monoisotopic (exact) mass is 262 g/mol. The van der Waals surface area contributed by atoms with Crippen LogP contribution < -0.4 is 8.85 Å². The Morgan fingerprint density at radius 1 is 1.89 bits per heavy atom. The minimum absolute atomic E-state index is 0.248. The summed E-state index contributed by atoms with van der Waals surface area (Å²) in [6, 6.07) is 0. The molecule has 0 spiro atoms. The Kier molecular flexibility index (Phi) is 5.10. The SMILES string of the molecule is CN/C=C(\NI)S(=O)O. The lowest BCUT2D eigenvalue weighted by Crippen LogP contribution is -2.08. The zero-order valence-electron chi connectivity index (χ0n) is 4.72. The van der Waals surface area contributed by atoms with Crippen LogP contribution in [0.4, 0.5) is 0 Å². The van der Waals surface area contributed by atoms with Crippen molar-refractivity contribution in [2.75, 3.05) is 7.05 Å². The topological polar surface area (TPSA) is 61.4 Å². The molecule has 0 heterocycles. The van der Waals surface area contributed by atoms with Gasteiger partial charge in [0, 0.05) is 13.2 Å². The number of halogens is 1. The summed E-state index contributed by atoms with van der Waals surface area (Å²) in [5.41, 5.74) is 0. The molecule has 0 rings (SSSR count). The first-order valence-electron chi connectivity index (χ1n) is 2.07. The molecule has 0 aromatic rings. The van der Waals surface area contributed by atoms with E-state index in [0.717, 1.165) is 0 Å². The van der Waals surface area contributed by atoms with Crippen molar-refractivity contribution in [2.45, 2.75) is 0 Å². The number of hydrogen-bond acceptors (Lipinski definition) is 3. The molecule has 3 N–H and O–H groups in total. The first kappa shape index (κ1) is 9.18. The molecule has 0 aliphatic rings. The molecule has 0 aromatic carbocycles. The highest BCUT2D eigenvalue weighted by atomic mass is 127. The van der Waals surface area contributed by atoms with Gasteiger partial charge in [-0.1, -0.05) is 0 Å². The number of nitrogens with one attached hydrogen (secondary N) is 2. The first-order valence-corrected chi connectivity index (χ1v) is 4.26. The van der Waals surface area contributed by atoms with Crippen molar-refractivity contribution in [3.63, 3.8) is 0 Å². The second kappa shape index (κ2) is 5.00. The lowest BCUT2D eigenvalue weighted by Gasteiger charge is -1.96. The van der Waals surface area contributed by atoms with Gasteiger partial charge in [-0.05, 0) is 0 Å². The molecule has 1 unspecified atom stereocenters. The first-order chi connectivity index (χ1) is 4.22. The smallest absolute Gasteiger partial charge is 0.205 e. The van der Waals surface area contributed by atoms with E-state index in [-0.39, 0.29) is 5.03 Å². The Balaban J connectivity index is 3.98. The van der Waals surface area contributed by atoms with Gasteiger partial charge in [-0.25, -0.2) is 4.21 Å². The highest BCUT2D eigenvalue weighted by Gasteiger charge is 1.98. The summed E-state index contributed by atoms with van der Waals surface area (Å²) in [5.74, 6) is 0. The second-order valence-electron chi connectivity index (χ2n) is 1.14. The average molecular weight is 262 g/mol. The van der Waals surface area contributed by atoms with Crippen LogP contribution in [0.2, 0.25) is 0 Å². The van der Waals surface area contributed by atoms with Crippen molar-refractivity contribution < 1.29 is 8.76 Å². The quantitative estimate of drug-likeness (QED) is 0.385. The van der Waals surface area contributed by atoms with Gasteiger partial charge in [-0.3, -0.25) is 0 Å². The molecule has 4 nitrogen and oxygen atoms in total. The highest BCUT2D eigenvalue weighted by Crippen LogP contribution is 1.93. The van der Waals surface area contributed by atoms with E-state index < -0.39 is 11.1 Å². The van der Waals surface area contributed by atoms with E-state index in [9.17, 15) is 4.21 Å². The maximum atomic E-state index is 10.3. The van der Waals surface area contributed by atoms with E-state index >= 15 is 0 Å². The summed E-state index contributed by atoms with van der Waals surface area (Å²) < 4.78 is 21.2. The van der Waals surface area contributed by atoms with E-state index in [0.29, 0.717) is 0 Å². The van der Waals surface area contributed by atoms with Gasteiger partial charge >= 0.3 is 0 Å². The van der Waals surface area contributed by atoms with Gasteiger partial charge in [-0.15, -0.1) is 0 Å². The molecule has 9 heavy (non-hydrogen) atoms. The van der Waals surface area contributed by atoms with Gasteiger partial charge in [0.2, 0.25) is 11.1 Å². The lowest BCUT2D eigenvalue weighted by atomic mass is 10.9. The van der Waals surface area contributed by atoms with Crippen LogP contribution in [-0.4, -0.2) is 15.8 Å². The fourth-order valence-corrected chi connectivity index (χ4v) is 1.25. The predicted octanol–water partition coefficient (Wildman–Crippen LogP) is 0.166. The number of rotatable bonds is 3. The van der Waals surface area contributed by atoms with E-state index in [1.807, 2.05) is 0 Å². The van der Waals surface area contributed by atoms with Crippen molar-refractivity contribution in [1.82, 2.24) is 8.85 Å². The van der Waals surface area contributed by atoms with Crippen molar-refractivity contribution in [3.8, 4) is 0 Å². The van der Waals surface area contributed by atoms with Crippen LogP contribution in [0.25, 0.3) is 0 Å². The normalized spacial score (nSPS) is 14.8. The number of hydrogen-bond donors (Lipinski definition) is 3. The van der Waals surface area contributed by atoms with Crippen molar-refractivity contribution in [1.29, 1.82) is 0 Å². The summed E-state index contributed by atoms with van der Waals surface area (Å²) in [6.45, 7) is 0. The molecule has 0 radical (unpaired) electrons. The third-order valence-corrected chi connectivity index (χ3v) is 2.10. The summed E-state index contributed by atoms with van der Waals surface area (Å²) in [5, 5.41) is 2.87. The molecule has 0 saturated heterocycles. The van der Waals surface area contributed by atoms with Crippen LogP contribution in [0, 0.1) is 0 Å². The second-order valence-corrected chi connectivity index (χ2v) is 2.62. The Morgan fingerprint density at radius 2 is 2.44 bits per heavy atom. The Hall–Kier alpha value is 0.180. The van der Waals surface area contributed by atoms with Crippen molar-refractivity contribution >= 4 is 33.9 Å². The lowest BCUT2D eigenvalue weighted by molar-refractivity contribution is 0.569. The maximum absolute atomic E-state index is 10.3. The largest absolute Gasteiger partial charge is 0.392 e. The van der Waals surface area contributed by atoms with E-state index in [2.05, 4.69) is 8.85 Å².